The highest BCUT2D eigenvalue weighted by molar-refractivity contribution is 5.97. The minimum atomic E-state index is -0.991. The van der Waals surface area contributed by atoms with Gasteiger partial charge >= 0.3 is 5.97 Å². The maximum atomic E-state index is 12.4. The zero-order chi connectivity index (χ0) is 19.1. The SMILES string of the molecule is CC(=O)Oc1cccc(C(=O)N[C@@H](Cc2ccccc2C#N)C(N)=O)c1. The molecule has 7 nitrogen and oxygen atoms in total. The van der Waals surface area contributed by atoms with Gasteiger partial charge in [-0.2, -0.15) is 5.26 Å². The fraction of sp³-hybridized carbons (Fsp3) is 0.158. The first-order chi connectivity index (χ1) is 12.4. The normalized spacial score (nSPS) is 11.1. The third-order valence-corrected chi connectivity index (χ3v) is 3.57. The molecule has 2 amide bonds. The number of nitriles is 1. The van der Waals surface area contributed by atoms with E-state index < -0.39 is 23.8 Å². The fourth-order valence-electron chi connectivity index (χ4n) is 2.36. The second-order valence-corrected chi connectivity index (χ2v) is 5.52. The highest BCUT2D eigenvalue weighted by atomic mass is 16.5. The van der Waals surface area contributed by atoms with Gasteiger partial charge in [-0.1, -0.05) is 24.3 Å². The number of nitrogens with two attached hydrogens (primary N) is 1. The van der Waals surface area contributed by atoms with Gasteiger partial charge in [-0.25, -0.2) is 0 Å². The van der Waals surface area contributed by atoms with Crippen LogP contribution in [-0.2, 0) is 16.0 Å². The summed E-state index contributed by atoms with van der Waals surface area (Å²) in [5, 5.41) is 11.7. The van der Waals surface area contributed by atoms with Crippen LogP contribution in [0.2, 0.25) is 0 Å². The summed E-state index contributed by atoms with van der Waals surface area (Å²) in [7, 11) is 0. The first-order valence-corrected chi connectivity index (χ1v) is 7.77. The van der Waals surface area contributed by atoms with Gasteiger partial charge in [0.05, 0.1) is 11.6 Å². The Morgan fingerprint density at radius 2 is 1.92 bits per heavy atom. The van der Waals surface area contributed by atoms with E-state index in [4.69, 9.17) is 15.7 Å². The lowest BCUT2D eigenvalue weighted by Crippen LogP contribution is -2.46. The summed E-state index contributed by atoms with van der Waals surface area (Å²) in [6.07, 6.45) is 0.0917. The molecule has 132 valence electrons. The number of amides is 2. The lowest BCUT2D eigenvalue weighted by molar-refractivity contribution is -0.131. The Bertz CT molecular complexity index is 886. The van der Waals surface area contributed by atoms with E-state index in [-0.39, 0.29) is 17.7 Å². The predicted octanol–water partition coefficient (Wildman–Crippen LogP) is 1.31. The van der Waals surface area contributed by atoms with E-state index in [9.17, 15) is 14.4 Å². The van der Waals surface area contributed by atoms with Crippen molar-refractivity contribution in [2.24, 2.45) is 5.73 Å². The molecular weight excluding hydrogens is 334 g/mol. The highest BCUT2D eigenvalue weighted by Gasteiger charge is 2.21. The van der Waals surface area contributed by atoms with E-state index in [2.05, 4.69) is 5.32 Å². The topological polar surface area (TPSA) is 122 Å². The second-order valence-electron chi connectivity index (χ2n) is 5.52. The third-order valence-electron chi connectivity index (χ3n) is 3.57. The zero-order valence-corrected chi connectivity index (χ0v) is 14.1. The number of carbonyl (C=O) groups is 3. The van der Waals surface area contributed by atoms with Crippen LogP contribution in [0.4, 0.5) is 0 Å². The second kappa shape index (κ2) is 8.44. The number of esters is 1. The van der Waals surface area contributed by atoms with E-state index in [1.165, 1.54) is 25.1 Å². The smallest absolute Gasteiger partial charge is 0.308 e. The molecule has 3 N–H and O–H groups in total. The lowest BCUT2D eigenvalue weighted by Gasteiger charge is -2.16. The minimum Gasteiger partial charge on any atom is -0.427 e. The summed E-state index contributed by atoms with van der Waals surface area (Å²) in [5.74, 6) is -1.55. The predicted molar refractivity (Wildman–Crippen MR) is 93.1 cm³/mol. The molecule has 0 heterocycles. The van der Waals surface area contributed by atoms with Gasteiger partial charge in [0.2, 0.25) is 5.91 Å². The molecule has 0 radical (unpaired) electrons. The molecule has 0 aliphatic carbocycles. The molecule has 0 aromatic heterocycles. The molecule has 0 bridgehead atoms. The molecule has 0 saturated heterocycles. The van der Waals surface area contributed by atoms with Crippen molar-refractivity contribution in [1.82, 2.24) is 5.32 Å². The molecule has 0 spiro atoms. The van der Waals surface area contributed by atoms with Crippen molar-refractivity contribution in [2.75, 3.05) is 0 Å². The van der Waals surface area contributed by atoms with Crippen molar-refractivity contribution in [3.8, 4) is 11.8 Å². The molecule has 0 saturated carbocycles. The number of ether oxygens (including phenoxy) is 1. The van der Waals surface area contributed by atoms with Gasteiger partial charge < -0.3 is 15.8 Å². The van der Waals surface area contributed by atoms with Gasteiger partial charge in [0.15, 0.2) is 0 Å². The average molecular weight is 351 g/mol. The zero-order valence-electron chi connectivity index (χ0n) is 14.1. The first-order valence-electron chi connectivity index (χ1n) is 7.77. The van der Waals surface area contributed by atoms with Crippen LogP contribution in [0.3, 0.4) is 0 Å². The number of nitrogens with zero attached hydrogens (tertiary/aromatic N) is 1. The molecule has 0 unspecified atom stereocenters. The van der Waals surface area contributed by atoms with Crippen LogP contribution in [0.15, 0.2) is 48.5 Å². The van der Waals surface area contributed by atoms with Crippen LogP contribution in [0.1, 0.15) is 28.4 Å². The minimum absolute atomic E-state index is 0.0917. The molecule has 2 rings (SSSR count). The van der Waals surface area contributed by atoms with Crippen molar-refractivity contribution in [1.29, 1.82) is 5.26 Å². The van der Waals surface area contributed by atoms with Crippen LogP contribution in [0.5, 0.6) is 5.75 Å². The maximum absolute atomic E-state index is 12.4. The summed E-state index contributed by atoms with van der Waals surface area (Å²) >= 11 is 0. The first kappa shape index (κ1) is 18.7. The van der Waals surface area contributed by atoms with Crippen LogP contribution < -0.4 is 15.8 Å². The quantitative estimate of drug-likeness (QED) is 0.600. The summed E-state index contributed by atoms with van der Waals surface area (Å²) in [5.41, 5.74) is 6.62. The third kappa shape index (κ3) is 4.92. The molecular formula is C19H17N3O4. The molecule has 0 aliphatic rings. The molecule has 1 atom stereocenters. The summed E-state index contributed by atoms with van der Waals surface area (Å²) < 4.78 is 4.94. The fourth-order valence-corrected chi connectivity index (χ4v) is 2.36. The molecule has 0 aliphatic heterocycles. The number of benzene rings is 2. The van der Waals surface area contributed by atoms with Crippen LogP contribution in [-0.4, -0.2) is 23.8 Å². The van der Waals surface area contributed by atoms with E-state index in [0.717, 1.165) is 0 Å². The number of carbonyl (C=O) groups excluding carboxylic acids is 3. The van der Waals surface area contributed by atoms with Gasteiger partial charge in [-0.3, -0.25) is 14.4 Å². The van der Waals surface area contributed by atoms with Crippen molar-refractivity contribution in [3.63, 3.8) is 0 Å². The van der Waals surface area contributed by atoms with Crippen LogP contribution in [0.25, 0.3) is 0 Å². The standard InChI is InChI=1S/C19H17N3O4/c1-12(23)26-16-8-4-7-14(9-16)19(25)22-17(18(21)24)10-13-5-2-3-6-15(13)11-20/h2-9,17H,10H2,1H3,(H2,21,24)(H,22,25)/t17-/m0/s1. The molecule has 2 aromatic carbocycles. The van der Waals surface area contributed by atoms with Crippen molar-refractivity contribution in [3.05, 3.63) is 65.2 Å². The molecule has 7 heteroatoms. The van der Waals surface area contributed by atoms with Gasteiger partial charge in [-0.05, 0) is 29.8 Å². The number of hydrogen-bond donors (Lipinski definition) is 2. The Kier molecular flexibility index (Phi) is 6.06. The van der Waals surface area contributed by atoms with Crippen molar-refractivity contribution in [2.45, 2.75) is 19.4 Å². The number of rotatable bonds is 6. The van der Waals surface area contributed by atoms with Crippen molar-refractivity contribution < 1.29 is 19.1 Å². The van der Waals surface area contributed by atoms with Gasteiger partial charge in [-0.15, -0.1) is 0 Å². The average Bonchev–Trinajstić information content (AvgIpc) is 2.61. The Morgan fingerprint density at radius 1 is 1.19 bits per heavy atom. The van der Waals surface area contributed by atoms with Crippen LogP contribution >= 0.6 is 0 Å². The van der Waals surface area contributed by atoms with E-state index in [1.807, 2.05) is 6.07 Å². The van der Waals surface area contributed by atoms with Gasteiger partial charge in [0, 0.05) is 18.9 Å². The number of nitrogens with one attached hydrogen (secondary N) is 1. The summed E-state index contributed by atoms with van der Waals surface area (Å²) in [4.78, 5) is 35.2. The molecule has 26 heavy (non-hydrogen) atoms. The Hall–Kier alpha value is -3.66. The number of hydrogen-bond acceptors (Lipinski definition) is 5. The Morgan fingerprint density at radius 3 is 2.58 bits per heavy atom. The highest BCUT2D eigenvalue weighted by Crippen LogP contribution is 2.15. The molecule has 0 fully saturated rings. The molecule has 2 aromatic rings. The lowest BCUT2D eigenvalue weighted by atomic mass is 10.00. The summed E-state index contributed by atoms with van der Waals surface area (Å²) in [6.45, 7) is 1.25. The van der Waals surface area contributed by atoms with Crippen molar-refractivity contribution >= 4 is 17.8 Å². The van der Waals surface area contributed by atoms with Gasteiger partial charge in [0.25, 0.3) is 5.91 Å². The Labute approximate surface area is 150 Å². The number of primary amides is 1. The summed E-state index contributed by atoms with van der Waals surface area (Å²) in [6, 6.07) is 13.8. The van der Waals surface area contributed by atoms with E-state index >= 15 is 0 Å². The monoisotopic (exact) mass is 351 g/mol. The maximum Gasteiger partial charge on any atom is 0.308 e. The largest absolute Gasteiger partial charge is 0.427 e. The Balaban J connectivity index is 2.17. The van der Waals surface area contributed by atoms with E-state index in [1.54, 1.807) is 30.3 Å². The van der Waals surface area contributed by atoms with Gasteiger partial charge in [0.1, 0.15) is 11.8 Å². The van der Waals surface area contributed by atoms with E-state index in [0.29, 0.717) is 11.1 Å². The van der Waals surface area contributed by atoms with Crippen LogP contribution in [0, 0.1) is 11.3 Å².